The predicted octanol–water partition coefficient (Wildman–Crippen LogP) is 3.37. The Labute approximate surface area is 137 Å². The fraction of sp³-hybridized carbons (Fsp3) is 0.529. The summed E-state index contributed by atoms with van der Waals surface area (Å²) in [6, 6.07) is 1.53. The quantitative estimate of drug-likeness (QED) is 0.908. The van der Waals surface area contributed by atoms with Crippen LogP contribution in [0.4, 0.5) is 4.79 Å². The summed E-state index contributed by atoms with van der Waals surface area (Å²) in [5.41, 5.74) is 4.06. The van der Waals surface area contributed by atoms with Crippen LogP contribution in [-0.2, 0) is 7.05 Å². The van der Waals surface area contributed by atoms with Crippen molar-refractivity contribution in [2.75, 3.05) is 0 Å². The van der Waals surface area contributed by atoms with Crippen molar-refractivity contribution in [2.45, 2.75) is 53.6 Å². The highest BCUT2D eigenvalue weighted by Crippen LogP contribution is 2.22. The number of rotatable bonds is 4. The van der Waals surface area contributed by atoms with E-state index in [-0.39, 0.29) is 18.1 Å². The third kappa shape index (κ3) is 3.57. The Balaban J connectivity index is 2.03. The summed E-state index contributed by atoms with van der Waals surface area (Å²) < 4.78 is 7.35. The number of aromatic nitrogens is 2. The number of carbonyl (C=O) groups excluding carboxylic acids is 1. The van der Waals surface area contributed by atoms with Crippen LogP contribution in [-0.4, -0.2) is 15.8 Å². The molecule has 2 heterocycles. The molecule has 126 valence electrons. The number of urea groups is 1. The minimum atomic E-state index is -0.203. The molecule has 0 aliphatic carbocycles. The van der Waals surface area contributed by atoms with E-state index in [1.165, 1.54) is 0 Å². The van der Waals surface area contributed by atoms with E-state index in [2.05, 4.69) is 15.7 Å². The number of nitrogens with one attached hydrogen (secondary N) is 2. The van der Waals surface area contributed by atoms with Crippen molar-refractivity contribution >= 4 is 6.03 Å². The van der Waals surface area contributed by atoms with Crippen LogP contribution < -0.4 is 10.6 Å². The number of amides is 2. The van der Waals surface area contributed by atoms with Crippen LogP contribution in [0.1, 0.15) is 60.0 Å². The predicted molar refractivity (Wildman–Crippen MR) is 89.4 cm³/mol. The fourth-order valence-electron chi connectivity index (χ4n) is 3.08. The third-order valence-electron chi connectivity index (χ3n) is 4.24. The van der Waals surface area contributed by atoms with Gasteiger partial charge in [-0.3, -0.25) is 4.68 Å². The molecule has 0 saturated carbocycles. The molecular weight excluding hydrogens is 292 g/mol. The van der Waals surface area contributed by atoms with E-state index in [0.29, 0.717) is 0 Å². The molecule has 0 bridgehead atoms. The zero-order valence-electron chi connectivity index (χ0n) is 14.9. The minimum absolute atomic E-state index is 0.108. The maximum atomic E-state index is 12.3. The average Bonchev–Trinajstić information content (AvgIpc) is 2.89. The van der Waals surface area contributed by atoms with Gasteiger partial charge in [-0.15, -0.1) is 0 Å². The summed E-state index contributed by atoms with van der Waals surface area (Å²) >= 11 is 0. The van der Waals surface area contributed by atoms with Crippen LogP contribution in [0.3, 0.4) is 0 Å². The number of aryl methyl sites for hydroxylation is 4. The maximum absolute atomic E-state index is 12.3. The first-order valence-electron chi connectivity index (χ1n) is 7.84. The lowest BCUT2D eigenvalue weighted by Gasteiger charge is -2.18. The maximum Gasteiger partial charge on any atom is 0.315 e. The van der Waals surface area contributed by atoms with Crippen LogP contribution >= 0.6 is 0 Å². The zero-order valence-corrected chi connectivity index (χ0v) is 14.9. The summed E-state index contributed by atoms with van der Waals surface area (Å²) in [6.07, 6.45) is 0. The molecule has 2 atom stereocenters. The van der Waals surface area contributed by atoms with Crippen molar-refractivity contribution in [3.63, 3.8) is 0 Å². The van der Waals surface area contributed by atoms with Gasteiger partial charge in [0.1, 0.15) is 11.5 Å². The first kappa shape index (κ1) is 17.1. The largest absolute Gasteiger partial charge is 0.466 e. The molecular formula is C17H26N4O2. The van der Waals surface area contributed by atoms with Gasteiger partial charge in [-0.25, -0.2) is 4.79 Å². The molecule has 0 aliphatic heterocycles. The third-order valence-corrected chi connectivity index (χ3v) is 4.24. The highest BCUT2D eigenvalue weighted by Gasteiger charge is 2.20. The van der Waals surface area contributed by atoms with Crippen molar-refractivity contribution in [3.05, 3.63) is 40.1 Å². The second-order valence-electron chi connectivity index (χ2n) is 6.14. The molecule has 0 spiro atoms. The van der Waals surface area contributed by atoms with Crippen LogP contribution in [0.15, 0.2) is 10.5 Å². The van der Waals surface area contributed by atoms with E-state index in [4.69, 9.17) is 4.42 Å². The molecule has 2 amide bonds. The number of nitrogens with zero attached hydrogens (tertiary/aromatic N) is 2. The summed E-state index contributed by atoms with van der Waals surface area (Å²) in [5, 5.41) is 10.3. The molecule has 0 saturated heterocycles. The van der Waals surface area contributed by atoms with Gasteiger partial charge < -0.3 is 15.1 Å². The number of furan rings is 1. The van der Waals surface area contributed by atoms with Crippen LogP contribution in [0.25, 0.3) is 0 Å². The zero-order chi connectivity index (χ0) is 17.3. The van der Waals surface area contributed by atoms with Crippen molar-refractivity contribution in [2.24, 2.45) is 7.05 Å². The van der Waals surface area contributed by atoms with Gasteiger partial charge in [-0.2, -0.15) is 5.10 Å². The van der Waals surface area contributed by atoms with E-state index >= 15 is 0 Å². The molecule has 0 aliphatic rings. The standard InChI is InChI=1S/C17H26N4O2/c1-9-8-15(14(6)23-9)10(2)18-17(22)19-11(3)16-12(4)20-21(7)13(16)5/h8,10-11H,1-7H3,(H2,18,19,22)/t10-,11-/m1/s1. The summed E-state index contributed by atoms with van der Waals surface area (Å²) in [4.78, 5) is 12.3. The minimum Gasteiger partial charge on any atom is -0.466 e. The van der Waals surface area contributed by atoms with Gasteiger partial charge in [-0.05, 0) is 47.6 Å². The first-order chi connectivity index (χ1) is 10.7. The monoisotopic (exact) mass is 318 g/mol. The normalized spacial score (nSPS) is 13.7. The van der Waals surface area contributed by atoms with E-state index in [1.807, 2.05) is 59.3 Å². The molecule has 6 heteroatoms. The summed E-state index contributed by atoms with van der Waals surface area (Å²) in [7, 11) is 1.91. The Morgan fingerprint density at radius 1 is 1.17 bits per heavy atom. The van der Waals surface area contributed by atoms with Crippen molar-refractivity contribution < 1.29 is 9.21 Å². The molecule has 2 N–H and O–H groups in total. The Bertz CT molecular complexity index is 714. The second-order valence-corrected chi connectivity index (χ2v) is 6.14. The molecule has 0 unspecified atom stereocenters. The Morgan fingerprint density at radius 3 is 2.26 bits per heavy atom. The number of carbonyl (C=O) groups is 1. The summed E-state index contributed by atoms with van der Waals surface area (Å²) in [5.74, 6) is 1.68. The van der Waals surface area contributed by atoms with E-state index in [9.17, 15) is 4.79 Å². The molecule has 0 fully saturated rings. The molecule has 6 nitrogen and oxygen atoms in total. The van der Waals surface area contributed by atoms with Crippen molar-refractivity contribution in [1.29, 1.82) is 0 Å². The highest BCUT2D eigenvalue weighted by atomic mass is 16.3. The first-order valence-corrected chi connectivity index (χ1v) is 7.84. The molecule has 2 aromatic rings. The van der Waals surface area contributed by atoms with E-state index in [0.717, 1.165) is 34.0 Å². The average molecular weight is 318 g/mol. The van der Waals surface area contributed by atoms with E-state index in [1.54, 1.807) is 0 Å². The van der Waals surface area contributed by atoms with Gasteiger partial charge in [0.05, 0.1) is 17.8 Å². The van der Waals surface area contributed by atoms with Gasteiger partial charge in [0.2, 0.25) is 0 Å². The Kier molecular flexibility index (Phi) is 4.82. The molecule has 2 aromatic heterocycles. The lowest BCUT2D eigenvalue weighted by Crippen LogP contribution is -2.38. The topological polar surface area (TPSA) is 72.1 Å². The van der Waals surface area contributed by atoms with E-state index < -0.39 is 0 Å². The lowest BCUT2D eigenvalue weighted by atomic mass is 10.1. The smallest absolute Gasteiger partial charge is 0.315 e. The van der Waals surface area contributed by atoms with Gasteiger partial charge >= 0.3 is 6.03 Å². The SMILES string of the molecule is Cc1cc([C@@H](C)NC(=O)N[C@H](C)c2c(C)nn(C)c2C)c(C)o1. The van der Waals surface area contributed by atoms with Gasteiger partial charge in [-0.1, -0.05) is 0 Å². The number of hydrogen-bond donors (Lipinski definition) is 2. The Hall–Kier alpha value is -2.24. The van der Waals surface area contributed by atoms with Gasteiger partial charge in [0.25, 0.3) is 0 Å². The molecule has 23 heavy (non-hydrogen) atoms. The van der Waals surface area contributed by atoms with Crippen LogP contribution in [0, 0.1) is 27.7 Å². The summed E-state index contributed by atoms with van der Waals surface area (Å²) in [6.45, 7) is 11.7. The van der Waals surface area contributed by atoms with Gasteiger partial charge in [0.15, 0.2) is 0 Å². The molecule has 0 radical (unpaired) electrons. The van der Waals surface area contributed by atoms with Crippen molar-refractivity contribution in [1.82, 2.24) is 20.4 Å². The Morgan fingerprint density at radius 2 is 1.78 bits per heavy atom. The second kappa shape index (κ2) is 6.48. The van der Waals surface area contributed by atoms with Crippen LogP contribution in [0.2, 0.25) is 0 Å². The highest BCUT2D eigenvalue weighted by molar-refractivity contribution is 5.75. The molecule has 0 aromatic carbocycles. The fourth-order valence-corrected chi connectivity index (χ4v) is 3.08. The van der Waals surface area contributed by atoms with Crippen molar-refractivity contribution in [3.8, 4) is 0 Å². The lowest BCUT2D eigenvalue weighted by molar-refractivity contribution is 0.235. The number of hydrogen-bond acceptors (Lipinski definition) is 3. The molecule has 2 rings (SSSR count). The van der Waals surface area contributed by atoms with Crippen LogP contribution in [0.5, 0.6) is 0 Å². The van der Waals surface area contributed by atoms with Gasteiger partial charge in [0, 0.05) is 23.9 Å².